The highest BCUT2D eigenvalue weighted by atomic mass is 15.2. The highest BCUT2D eigenvalue weighted by Gasteiger charge is 2.09. The normalized spacial score (nSPS) is 10.7. The highest BCUT2D eigenvalue weighted by molar-refractivity contribution is 5.78. The Bertz CT molecular complexity index is 737. The lowest BCUT2D eigenvalue weighted by Gasteiger charge is -2.21. The third-order valence-electron chi connectivity index (χ3n) is 3.49. The van der Waals surface area contributed by atoms with Crippen LogP contribution in [0.3, 0.4) is 0 Å². The second kappa shape index (κ2) is 5.79. The average molecular weight is 278 g/mol. The third-order valence-corrected chi connectivity index (χ3v) is 3.49. The molecule has 0 saturated carbocycles. The molecule has 1 aromatic heterocycles. The fraction of sp³-hybridized carbons (Fsp3) is 0.176. The molecule has 3 aromatic rings. The minimum absolute atomic E-state index is 0.757. The first-order chi connectivity index (χ1) is 10.3. The SMILES string of the molecule is CCN(Cc1ccc(N)cc1)c1ncc2ccccc2n1. The van der Waals surface area contributed by atoms with Gasteiger partial charge in [-0.3, -0.25) is 0 Å². The zero-order valence-electron chi connectivity index (χ0n) is 12.0. The van der Waals surface area contributed by atoms with Gasteiger partial charge in [0.2, 0.25) is 5.95 Å². The summed E-state index contributed by atoms with van der Waals surface area (Å²) >= 11 is 0. The number of para-hydroxylation sites is 1. The van der Waals surface area contributed by atoms with E-state index in [9.17, 15) is 0 Å². The zero-order chi connectivity index (χ0) is 14.7. The number of nitrogens with two attached hydrogens (primary N) is 1. The van der Waals surface area contributed by atoms with Crippen LogP contribution in [0.2, 0.25) is 0 Å². The topological polar surface area (TPSA) is 55.0 Å². The Morgan fingerprint density at radius 2 is 1.81 bits per heavy atom. The number of nitrogens with zero attached hydrogens (tertiary/aromatic N) is 3. The summed E-state index contributed by atoms with van der Waals surface area (Å²) in [6.45, 7) is 3.73. The van der Waals surface area contributed by atoms with E-state index in [1.165, 1.54) is 5.56 Å². The summed E-state index contributed by atoms with van der Waals surface area (Å²) in [6, 6.07) is 16.0. The minimum atomic E-state index is 0.757. The van der Waals surface area contributed by atoms with Crippen molar-refractivity contribution >= 4 is 22.5 Å². The Morgan fingerprint density at radius 3 is 2.57 bits per heavy atom. The van der Waals surface area contributed by atoms with Crippen LogP contribution in [0.4, 0.5) is 11.6 Å². The fourth-order valence-corrected chi connectivity index (χ4v) is 2.28. The predicted octanol–water partition coefficient (Wildman–Crippen LogP) is 3.24. The maximum Gasteiger partial charge on any atom is 0.226 e. The lowest BCUT2D eigenvalue weighted by Crippen LogP contribution is -2.24. The molecule has 0 aliphatic heterocycles. The molecule has 4 nitrogen and oxygen atoms in total. The molecule has 2 aromatic carbocycles. The second-order valence-corrected chi connectivity index (χ2v) is 4.98. The molecule has 0 spiro atoms. The molecule has 4 heteroatoms. The van der Waals surface area contributed by atoms with Crippen LogP contribution >= 0.6 is 0 Å². The van der Waals surface area contributed by atoms with Gasteiger partial charge in [0.05, 0.1) is 5.52 Å². The summed E-state index contributed by atoms with van der Waals surface area (Å²) in [7, 11) is 0. The van der Waals surface area contributed by atoms with E-state index in [0.29, 0.717) is 0 Å². The molecular weight excluding hydrogens is 260 g/mol. The van der Waals surface area contributed by atoms with Gasteiger partial charge in [0.25, 0.3) is 0 Å². The van der Waals surface area contributed by atoms with Gasteiger partial charge in [0, 0.05) is 30.4 Å². The van der Waals surface area contributed by atoms with Crippen LogP contribution in [-0.4, -0.2) is 16.5 Å². The van der Waals surface area contributed by atoms with E-state index in [4.69, 9.17) is 5.73 Å². The lowest BCUT2D eigenvalue weighted by atomic mass is 10.2. The van der Waals surface area contributed by atoms with E-state index in [1.807, 2.05) is 54.7 Å². The van der Waals surface area contributed by atoms with Crippen molar-refractivity contribution in [2.24, 2.45) is 0 Å². The van der Waals surface area contributed by atoms with Crippen molar-refractivity contribution in [3.8, 4) is 0 Å². The number of rotatable bonds is 4. The van der Waals surface area contributed by atoms with Crippen molar-refractivity contribution < 1.29 is 0 Å². The molecule has 106 valence electrons. The van der Waals surface area contributed by atoms with Gasteiger partial charge in [-0.15, -0.1) is 0 Å². The molecule has 0 fully saturated rings. The van der Waals surface area contributed by atoms with Crippen molar-refractivity contribution in [1.82, 2.24) is 9.97 Å². The summed E-state index contributed by atoms with van der Waals surface area (Å²) < 4.78 is 0. The van der Waals surface area contributed by atoms with Crippen LogP contribution in [0.25, 0.3) is 10.9 Å². The number of hydrogen-bond acceptors (Lipinski definition) is 4. The second-order valence-electron chi connectivity index (χ2n) is 4.98. The summed E-state index contributed by atoms with van der Waals surface area (Å²) in [4.78, 5) is 11.3. The maximum absolute atomic E-state index is 5.73. The Balaban J connectivity index is 1.88. The quantitative estimate of drug-likeness (QED) is 0.744. The lowest BCUT2D eigenvalue weighted by molar-refractivity contribution is 0.796. The molecule has 1 heterocycles. The number of benzene rings is 2. The van der Waals surface area contributed by atoms with Gasteiger partial charge in [-0.2, -0.15) is 0 Å². The van der Waals surface area contributed by atoms with Crippen LogP contribution in [0.1, 0.15) is 12.5 Å². The molecule has 0 bridgehead atoms. The van der Waals surface area contributed by atoms with Gasteiger partial charge in [-0.05, 0) is 30.7 Å². The van der Waals surface area contributed by atoms with Gasteiger partial charge in [0.1, 0.15) is 0 Å². The fourth-order valence-electron chi connectivity index (χ4n) is 2.28. The number of aromatic nitrogens is 2. The van der Waals surface area contributed by atoms with Gasteiger partial charge in [-0.1, -0.05) is 30.3 Å². The van der Waals surface area contributed by atoms with Crippen LogP contribution in [-0.2, 0) is 6.54 Å². The summed E-state index contributed by atoms with van der Waals surface area (Å²) in [5.74, 6) is 0.757. The molecule has 21 heavy (non-hydrogen) atoms. The summed E-state index contributed by atoms with van der Waals surface area (Å²) in [5, 5.41) is 1.06. The first-order valence-corrected chi connectivity index (χ1v) is 7.07. The first kappa shape index (κ1) is 13.4. The minimum Gasteiger partial charge on any atom is -0.399 e. The smallest absolute Gasteiger partial charge is 0.226 e. The molecule has 0 unspecified atom stereocenters. The van der Waals surface area contributed by atoms with E-state index >= 15 is 0 Å². The monoisotopic (exact) mass is 278 g/mol. The number of hydrogen-bond donors (Lipinski definition) is 1. The van der Waals surface area contributed by atoms with E-state index in [1.54, 1.807) is 0 Å². The zero-order valence-corrected chi connectivity index (χ0v) is 12.0. The van der Waals surface area contributed by atoms with Crippen molar-refractivity contribution in [2.75, 3.05) is 17.2 Å². The summed E-state index contributed by atoms with van der Waals surface area (Å²) in [6.07, 6.45) is 1.88. The molecule has 0 atom stereocenters. The van der Waals surface area contributed by atoms with Crippen LogP contribution in [0.5, 0.6) is 0 Å². The Morgan fingerprint density at radius 1 is 1.05 bits per heavy atom. The number of anilines is 2. The van der Waals surface area contributed by atoms with E-state index in [-0.39, 0.29) is 0 Å². The largest absolute Gasteiger partial charge is 0.399 e. The molecular formula is C17H18N4. The highest BCUT2D eigenvalue weighted by Crippen LogP contribution is 2.17. The summed E-state index contributed by atoms with van der Waals surface area (Å²) in [5.41, 5.74) is 8.67. The first-order valence-electron chi connectivity index (χ1n) is 7.07. The molecule has 2 N–H and O–H groups in total. The van der Waals surface area contributed by atoms with Crippen LogP contribution in [0.15, 0.2) is 54.7 Å². The van der Waals surface area contributed by atoms with Crippen molar-refractivity contribution in [2.45, 2.75) is 13.5 Å². The van der Waals surface area contributed by atoms with Crippen molar-refractivity contribution in [3.63, 3.8) is 0 Å². The maximum atomic E-state index is 5.73. The van der Waals surface area contributed by atoms with Crippen molar-refractivity contribution in [1.29, 1.82) is 0 Å². The molecule has 3 rings (SSSR count). The third kappa shape index (κ3) is 2.94. The van der Waals surface area contributed by atoms with Crippen LogP contribution in [0, 0.1) is 0 Å². The molecule has 0 amide bonds. The van der Waals surface area contributed by atoms with E-state index in [0.717, 1.165) is 35.6 Å². The predicted molar refractivity (Wildman–Crippen MR) is 87.1 cm³/mol. The van der Waals surface area contributed by atoms with Crippen molar-refractivity contribution in [3.05, 3.63) is 60.3 Å². The van der Waals surface area contributed by atoms with Gasteiger partial charge in [-0.25, -0.2) is 9.97 Å². The number of nitrogen functional groups attached to an aromatic ring is 1. The Labute approximate surface area is 124 Å². The van der Waals surface area contributed by atoms with E-state index < -0.39 is 0 Å². The van der Waals surface area contributed by atoms with E-state index in [2.05, 4.69) is 21.8 Å². The Kier molecular flexibility index (Phi) is 3.69. The van der Waals surface area contributed by atoms with Gasteiger partial charge in [0.15, 0.2) is 0 Å². The van der Waals surface area contributed by atoms with Crippen LogP contribution < -0.4 is 10.6 Å². The standard InChI is InChI=1S/C17H18N4/c1-2-21(12-13-7-9-15(18)10-8-13)17-19-11-14-5-3-4-6-16(14)20-17/h3-11H,2,12,18H2,1H3. The number of fused-ring (bicyclic) bond motifs is 1. The Hall–Kier alpha value is -2.62. The molecule has 0 saturated heterocycles. The molecule has 0 aliphatic carbocycles. The average Bonchev–Trinajstić information content (AvgIpc) is 2.54. The van der Waals surface area contributed by atoms with Gasteiger partial charge < -0.3 is 10.6 Å². The molecule has 0 radical (unpaired) electrons. The molecule has 0 aliphatic rings. The van der Waals surface area contributed by atoms with Gasteiger partial charge >= 0.3 is 0 Å².